The first kappa shape index (κ1) is 17.4. The molecule has 2 N–H and O–H groups in total. The molecule has 0 aliphatic carbocycles. The molecule has 0 aromatic rings. The summed E-state index contributed by atoms with van der Waals surface area (Å²) in [4.78, 5) is 40.8. The van der Waals surface area contributed by atoms with Crippen molar-refractivity contribution < 1.29 is 46.5 Å². The van der Waals surface area contributed by atoms with Crippen LogP contribution in [0.25, 0.3) is 0 Å². The smallest absolute Gasteiger partial charge is 0.343 e. The van der Waals surface area contributed by atoms with Crippen LogP contribution in [0.2, 0.25) is 0 Å². The number of carbonyl (C=O) groups excluding carboxylic acids is 4. The minimum absolute atomic E-state index is 0. The van der Waals surface area contributed by atoms with E-state index >= 15 is 0 Å². The average Bonchev–Trinajstić information content (AvgIpc) is 2.88. The Bertz CT molecular complexity index is 350. The van der Waals surface area contributed by atoms with Gasteiger partial charge in [-0.15, -0.1) is 0 Å². The van der Waals surface area contributed by atoms with E-state index < -0.39 is 24.0 Å². The van der Waals surface area contributed by atoms with Gasteiger partial charge in [-0.1, -0.05) is 0 Å². The van der Waals surface area contributed by atoms with E-state index in [1.54, 1.807) is 0 Å². The summed E-state index contributed by atoms with van der Waals surface area (Å²) in [7, 11) is 0. The van der Waals surface area contributed by atoms with Crippen LogP contribution in [0, 0.1) is 0 Å². The largest absolute Gasteiger partial charge is 2.00 e. The van der Waals surface area contributed by atoms with E-state index in [0.717, 1.165) is 0 Å². The quantitative estimate of drug-likeness (QED) is 0.597. The molecule has 0 spiro atoms. The maximum absolute atomic E-state index is 10.4. The van der Waals surface area contributed by atoms with Gasteiger partial charge >= 0.3 is 29.0 Å². The zero-order chi connectivity index (χ0) is 13.7. The molecule has 0 aromatic carbocycles. The number of nitrogens with one attached hydrogen (secondary N) is 2. The predicted molar refractivity (Wildman–Crippen MR) is 53.7 cm³/mol. The van der Waals surface area contributed by atoms with E-state index in [-0.39, 0.29) is 28.9 Å². The van der Waals surface area contributed by atoms with Gasteiger partial charge in [0.2, 0.25) is 11.8 Å². The Morgan fingerprint density at radius 1 is 0.842 bits per heavy atom. The second-order valence-corrected chi connectivity index (χ2v) is 3.96. The third-order valence-electron chi connectivity index (χ3n) is 2.56. The van der Waals surface area contributed by atoms with Crippen molar-refractivity contribution in [2.45, 2.75) is 37.8 Å². The molecule has 19 heavy (non-hydrogen) atoms. The molecule has 2 rings (SSSR count). The van der Waals surface area contributed by atoms with Crippen LogP contribution >= 0.6 is 0 Å². The monoisotopic (exact) mass is 312 g/mol. The first-order valence-corrected chi connectivity index (χ1v) is 5.40. The Labute approximate surface area is 119 Å². The molecule has 9 heteroatoms. The number of rotatable bonds is 2. The van der Waals surface area contributed by atoms with Crippen molar-refractivity contribution in [1.29, 1.82) is 0 Å². The molecule has 8 nitrogen and oxygen atoms in total. The van der Waals surface area contributed by atoms with Crippen molar-refractivity contribution in [1.82, 2.24) is 10.6 Å². The maximum Gasteiger partial charge on any atom is 2.00 e. The average molecular weight is 312 g/mol. The van der Waals surface area contributed by atoms with Gasteiger partial charge in [-0.05, 0) is 12.8 Å². The first-order valence-electron chi connectivity index (χ1n) is 5.40. The Hall–Kier alpha value is -1.60. The summed E-state index contributed by atoms with van der Waals surface area (Å²) in [6, 6.07) is -1.50. The van der Waals surface area contributed by atoms with Crippen LogP contribution in [0.3, 0.4) is 0 Å². The molecular weight excluding hydrogens is 300 g/mol. The maximum atomic E-state index is 10.4. The molecule has 2 heterocycles. The van der Waals surface area contributed by atoms with Crippen molar-refractivity contribution >= 4 is 23.8 Å². The first-order chi connectivity index (χ1) is 8.40. The number of carbonyl (C=O) groups is 4. The van der Waals surface area contributed by atoms with Crippen LogP contribution in [0.15, 0.2) is 0 Å². The molecule has 2 saturated heterocycles. The van der Waals surface area contributed by atoms with Gasteiger partial charge in [-0.3, -0.25) is 9.59 Å². The van der Waals surface area contributed by atoms with E-state index in [9.17, 15) is 29.4 Å². The van der Waals surface area contributed by atoms with Gasteiger partial charge in [0.15, 0.2) is 0 Å². The standard InChI is InChI=1S/2C5H6NO3.Fe/c2*7-4-2-1-3(6-4)5(8)9;/h2*3H,1-2H2,(H,6,7);/q;;+2/t2*3-;/m00./s1. The fraction of sp³-hybridized carbons (Fsp3) is 0.600. The van der Waals surface area contributed by atoms with Crippen LogP contribution in [-0.4, -0.2) is 35.8 Å². The van der Waals surface area contributed by atoms with Crippen molar-refractivity contribution in [3.8, 4) is 0 Å². The van der Waals surface area contributed by atoms with Gasteiger partial charge in [-0.25, -0.2) is 19.8 Å². The second kappa shape index (κ2) is 7.75. The third kappa shape index (κ3) is 5.71. The summed E-state index contributed by atoms with van der Waals surface area (Å²) >= 11 is 0. The Morgan fingerprint density at radius 3 is 1.26 bits per heavy atom. The molecule has 2 atom stereocenters. The number of hydrogen-bond donors (Lipinski definition) is 2. The summed E-state index contributed by atoms with van der Waals surface area (Å²) in [6.45, 7) is 0. The predicted octanol–water partition coefficient (Wildman–Crippen LogP) is -1.56. The van der Waals surface area contributed by atoms with Crippen molar-refractivity contribution in [2.24, 2.45) is 0 Å². The minimum Gasteiger partial charge on any atom is -0.343 e. The van der Waals surface area contributed by atoms with E-state index in [1.165, 1.54) is 0 Å². The van der Waals surface area contributed by atoms with Crippen LogP contribution in [-0.2, 0) is 46.5 Å². The zero-order valence-corrected chi connectivity index (χ0v) is 10.9. The van der Waals surface area contributed by atoms with E-state index in [1.807, 2.05) is 0 Å². The van der Waals surface area contributed by atoms with Crippen molar-refractivity contribution in [3.63, 3.8) is 0 Å². The molecule has 104 valence electrons. The van der Waals surface area contributed by atoms with Crippen LogP contribution < -0.4 is 10.6 Å². The fourth-order valence-corrected chi connectivity index (χ4v) is 1.58. The Balaban J connectivity index is 0.000000324. The number of hydrogen-bond acceptors (Lipinski definition) is 4. The van der Waals surface area contributed by atoms with Crippen LogP contribution in [0.4, 0.5) is 0 Å². The molecular formula is C10H12FeN2O6+2. The molecule has 2 fully saturated rings. The molecule has 0 aromatic heterocycles. The fourth-order valence-electron chi connectivity index (χ4n) is 1.58. The van der Waals surface area contributed by atoms with Gasteiger partial charge in [-0.2, -0.15) is 0 Å². The number of amides is 2. The normalized spacial score (nSPS) is 24.4. The van der Waals surface area contributed by atoms with E-state index in [0.29, 0.717) is 25.7 Å². The van der Waals surface area contributed by atoms with Crippen LogP contribution in [0.5, 0.6) is 0 Å². The summed E-state index contributed by atoms with van der Waals surface area (Å²) in [6.07, 6.45) is 1.33. The molecule has 2 radical (unpaired) electrons. The third-order valence-corrected chi connectivity index (χ3v) is 2.56. The second-order valence-electron chi connectivity index (χ2n) is 3.96. The van der Waals surface area contributed by atoms with Gasteiger partial charge in [0.1, 0.15) is 12.1 Å². The summed E-state index contributed by atoms with van der Waals surface area (Å²) < 4.78 is 0. The minimum atomic E-state index is -1.19. The van der Waals surface area contributed by atoms with Gasteiger partial charge in [0.05, 0.1) is 0 Å². The molecule has 2 amide bonds. The topological polar surface area (TPSA) is 132 Å². The summed E-state index contributed by atoms with van der Waals surface area (Å²) in [5, 5.41) is 24.5. The molecule has 0 saturated carbocycles. The zero-order valence-electron chi connectivity index (χ0n) is 9.79. The van der Waals surface area contributed by atoms with Crippen LogP contribution in [0.1, 0.15) is 25.7 Å². The Kier molecular flexibility index (Phi) is 7.10. The molecule has 0 bridgehead atoms. The van der Waals surface area contributed by atoms with Crippen molar-refractivity contribution in [2.75, 3.05) is 0 Å². The Morgan fingerprint density at radius 2 is 1.16 bits per heavy atom. The molecule has 2 aliphatic heterocycles. The molecule has 2 aliphatic rings. The SMILES string of the molecule is [Fe+2].[O]C(=O)[C@@H]1CCC(=O)N1.[O]C(=O)[C@@H]1CCC(=O)N1. The van der Waals surface area contributed by atoms with Gasteiger partial charge in [0.25, 0.3) is 0 Å². The van der Waals surface area contributed by atoms with Gasteiger partial charge < -0.3 is 10.6 Å². The van der Waals surface area contributed by atoms with E-state index in [4.69, 9.17) is 0 Å². The van der Waals surface area contributed by atoms with Crippen molar-refractivity contribution in [3.05, 3.63) is 0 Å². The van der Waals surface area contributed by atoms with E-state index in [2.05, 4.69) is 10.6 Å². The summed E-state index contributed by atoms with van der Waals surface area (Å²) in [5.41, 5.74) is 0. The summed E-state index contributed by atoms with van der Waals surface area (Å²) in [5.74, 6) is -2.80. The molecule has 0 unspecified atom stereocenters. The van der Waals surface area contributed by atoms with Gasteiger partial charge in [0, 0.05) is 12.8 Å².